The number of hydrogen-bond acceptors (Lipinski definition) is 8. The van der Waals surface area contributed by atoms with Crippen molar-refractivity contribution in [3.05, 3.63) is 130 Å². The van der Waals surface area contributed by atoms with Gasteiger partial charge in [-0.15, -0.1) is 0 Å². The third kappa shape index (κ3) is 7.35. The van der Waals surface area contributed by atoms with Crippen molar-refractivity contribution in [1.29, 1.82) is 0 Å². The zero-order valence-electron chi connectivity index (χ0n) is 23.6. The van der Waals surface area contributed by atoms with Gasteiger partial charge in [-0.1, -0.05) is 96.5 Å². The summed E-state index contributed by atoms with van der Waals surface area (Å²) in [5.74, 6) is -4.04. The molecular formula is C34H32ClNO7. The standard InChI is InChI=1S/C34H32ClNO7/c1-23(36-20-29(37)26-14-8-16-28(35)19-26)18-27-15-9-17-30-31(27)43-34(42-30,32(38)40-21-24-10-4-2-5-11-24)33(39)41-22-25-12-6-3-7-13-25/h2-17,19,23,29,36-37H,18,20-22H2,1H3. The van der Waals surface area contributed by atoms with Gasteiger partial charge in [-0.05, 0) is 53.8 Å². The molecule has 0 fully saturated rings. The van der Waals surface area contributed by atoms with E-state index in [0.717, 1.165) is 11.1 Å². The van der Waals surface area contributed by atoms with E-state index in [1.165, 1.54) is 0 Å². The van der Waals surface area contributed by atoms with Gasteiger partial charge in [0.25, 0.3) is 0 Å². The Morgan fingerprint density at radius 2 is 1.44 bits per heavy atom. The summed E-state index contributed by atoms with van der Waals surface area (Å²) >= 11 is 6.06. The van der Waals surface area contributed by atoms with Crippen LogP contribution in [-0.2, 0) is 38.7 Å². The Balaban J connectivity index is 1.31. The summed E-state index contributed by atoms with van der Waals surface area (Å²) in [6.45, 7) is 2.07. The highest BCUT2D eigenvalue weighted by Gasteiger charge is 2.60. The summed E-state index contributed by atoms with van der Waals surface area (Å²) in [4.78, 5) is 27.0. The van der Waals surface area contributed by atoms with Crippen LogP contribution < -0.4 is 14.8 Å². The minimum atomic E-state index is -2.47. The van der Waals surface area contributed by atoms with Gasteiger partial charge in [-0.25, -0.2) is 9.59 Å². The average molecular weight is 602 g/mol. The fourth-order valence-corrected chi connectivity index (χ4v) is 4.87. The number of carbonyl (C=O) groups excluding carboxylic acids is 2. The van der Waals surface area contributed by atoms with Crippen LogP contribution in [0.2, 0.25) is 5.02 Å². The number of nitrogens with one attached hydrogen (secondary N) is 1. The van der Waals surface area contributed by atoms with Crippen LogP contribution in [0, 0.1) is 0 Å². The van der Waals surface area contributed by atoms with Gasteiger partial charge in [0, 0.05) is 17.6 Å². The number of carbonyl (C=O) groups is 2. The molecule has 8 nitrogen and oxygen atoms in total. The molecule has 43 heavy (non-hydrogen) atoms. The van der Waals surface area contributed by atoms with Gasteiger partial charge in [-0.2, -0.15) is 0 Å². The van der Waals surface area contributed by atoms with Gasteiger partial charge in [0.05, 0.1) is 6.10 Å². The Labute approximate surface area is 255 Å². The molecule has 1 aliphatic heterocycles. The van der Waals surface area contributed by atoms with Crippen LogP contribution in [0.1, 0.15) is 35.3 Å². The maximum absolute atomic E-state index is 13.5. The van der Waals surface area contributed by atoms with E-state index >= 15 is 0 Å². The fourth-order valence-electron chi connectivity index (χ4n) is 4.67. The van der Waals surface area contributed by atoms with Crippen LogP contribution in [-0.4, -0.2) is 35.4 Å². The first kappa shape index (κ1) is 30.1. The molecule has 222 valence electrons. The summed E-state index contributed by atoms with van der Waals surface area (Å²) in [5.41, 5.74) is 2.88. The maximum atomic E-state index is 13.5. The van der Waals surface area contributed by atoms with E-state index in [1.54, 1.807) is 54.6 Å². The molecule has 0 aromatic heterocycles. The van der Waals surface area contributed by atoms with Crippen LogP contribution >= 0.6 is 11.6 Å². The Morgan fingerprint density at radius 1 is 0.837 bits per heavy atom. The second kappa shape index (κ2) is 13.7. The zero-order valence-corrected chi connectivity index (χ0v) is 24.3. The number of rotatable bonds is 12. The largest absolute Gasteiger partial charge is 0.455 e. The highest BCUT2D eigenvalue weighted by atomic mass is 35.5. The van der Waals surface area contributed by atoms with Crippen LogP contribution in [0.25, 0.3) is 0 Å². The summed E-state index contributed by atoms with van der Waals surface area (Å²) in [6.07, 6.45) is -0.308. The van der Waals surface area contributed by atoms with Crippen LogP contribution in [0.15, 0.2) is 103 Å². The molecule has 9 heteroatoms. The third-order valence-electron chi connectivity index (χ3n) is 6.94. The molecular weight excluding hydrogens is 570 g/mol. The summed E-state index contributed by atoms with van der Waals surface area (Å²) in [6, 6.07) is 30.3. The first-order valence-corrected chi connectivity index (χ1v) is 14.3. The van der Waals surface area contributed by atoms with Gasteiger partial charge < -0.3 is 29.4 Å². The highest BCUT2D eigenvalue weighted by molar-refractivity contribution is 6.30. The highest BCUT2D eigenvalue weighted by Crippen LogP contribution is 2.43. The zero-order chi connectivity index (χ0) is 30.2. The smallest absolute Gasteiger partial charge is 0.453 e. The van der Waals surface area contributed by atoms with Gasteiger partial charge in [-0.3, -0.25) is 0 Å². The van der Waals surface area contributed by atoms with E-state index in [2.05, 4.69) is 5.32 Å². The molecule has 2 unspecified atom stereocenters. The number of esters is 2. The first-order valence-electron chi connectivity index (χ1n) is 13.9. The molecule has 1 heterocycles. The van der Waals surface area contributed by atoms with Crippen molar-refractivity contribution >= 4 is 23.5 Å². The van der Waals surface area contributed by atoms with Crippen molar-refractivity contribution in [1.82, 2.24) is 5.32 Å². The van der Waals surface area contributed by atoms with Crippen molar-refractivity contribution in [3.63, 3.8) is 0 Å². The summed E-state index contributed by atoms with van der Waals surface area (Å²) in [7, 11) is 0. The minimum absolute atomic E-state index is 0.0841. The average Bonchev–Trinajstić information content (AvgIpc) is 3.44. The summed E-state index contributed by atoms with van der Waals surface area (Å²) < 4.78 is 23.0. The quantitative estimate of drug-likeness (QED) is 0.161. The van der Waals surface area contributed by atoms with Gasteiger partial charge in [0.15, 0.2) is 11.5 Å². The normalized spacial score (nSPS) is 14.5. The Bertz CT molecular complexity index is 1490. The third-order valence-corrected chi connectivity index (χ3v) is 7.18. The second-order valence-electron chi connectivity index (χ2n) is 10.3. The Hall–Kier alpha value is -4.37. The number of aliphatic hydroxyl groups is 1. The van der Waals surface area contributed by atoms with Crippen molar-refractivity contribution in [2.24, 2.45) is 0 Å². The molecule has 4 aromatic carbocycles. The molecule has 5 rings (SSSR count). The SMILES string of the molecule is CC(Cc1cccc2c1OC(C(=O)OCc1ccccc1)(C(=O)OCc1ccccc1)O2)NCC(O)c1cccc(Cl)c1. The maximum Gasteiger partial charge on any atom is 0.453 e. The Morgan fingerprint density at radius 3 is 2.05 bits per heavy atom. The van der Waals surface area contributed by atoms with E-state index in [0.29, 0.717) is 22.6 Å². The lowest BCUT2D eigenvalue weighted by Crippen LogP contribution is -2.55. The lowest BCUT2D eigenvalue weighted by molar-refractivity contribution is -0.204. The van der Waals surface area contributed by atoms with Crippen LogP contribution in [0.3, 0.4) is 0 Å². The number of halogens is 1. The lowest BCUT2D eigenvalue weighted by Gasteiger charge is -2.23. The number of hydrogen-bond donors (Lipinski definition) is 2. The van der Waals surface area contributed by atoms with E-state index in [1.807, 2.05) is 55.5 Å². The molecule has 0 saturated heterocycles. The Kier molecular flexibility index (Phi) is 9.61. The number of fused-ring (bicyclic) bond motifs is 1. The molecule has 0 radical (unpaired) electrons. The lowest BCUT2D eigenvalue weighted by atomic mass is 10.0. The van der Waals surface area contributed by atoms with E-state index in [-0.39, 0.29) is 37.3 Å². The minimum Gasteiger partial charge on any atom is -0.455 e. The molecule has 0 saturated carbocycles. The van der Waals surface area contributed by atoms with Gasteiger partial charge >= 0.3 is 17.7 Å². The predicted molar refractivity (Wildman–Crippen MR) is 160 cm³/mol. The number of aliphatic hydroxyl groups excluding tert-OH is 1. The van der Waals surface area contributed by atoms with Gasteiger partial charge in [0.2, 0.25) is 0 Å². The molecule has 0 amide bonds. The fraction of sp³-hybridized carbons (Fsp3) is 0.235. The van der Waals surface area contributed by atoms with Crippen molar-refractivity contribution < 1.29 is 33.6 Å². The topological polar surface area (TPSA) is 103 Å². The van der Waals surface area contributed by atoms with E-state index in [9.17, 15) is 14.7 Å². The van der Waals surface area contributed by atoms with E-state index in [4.69, 9.17) is 30.5 Å². The van der Waals surface area contributed by atoms with Crippen LogP contribution in [0.4, 0.5) is 0 Å². The molecule has 0 bridgehead atoms. The predicted octanol–water partition coefficient (Wildman–Crippen LogP) is 5.55. The molecule has 1 aliphatic rings. The number of para-hydroxylation sites is 1. The van der Waals surface area contributed by atoms with Crippen molar-refractivity contribution in [2.45, 2.75) is 44.5 Å². The second-order valence-corrected chi connectivity index (χ2v) is 10.7. The van der Waals surface area contributed by atoms with Crippen molar-refractivity contribution in [3.8, 4) is 11.5 Å². The number of ether oxygens (including phenoxy) is 4. The molecule has 2 N–H and O–H groups in total. The molecule has 2 atom stereocenters. The van der Waals surface area contributed by atoms with Crippen LogP contribution in [0.5, 0.6) is 11.5 Å². The molecule has 0 spiro atoms. The first-order chi connectivity index (χ1) is 20.8. The monoisotopic (exact) mass is 601 g/mol. The van der Waals surface area contributed by atoms with Gasteiger partial charge in [0.1, 0.15) is 13.2 Å². The summed E-state index contributed by atoms with van der Waals surface area (Å²) in [5, 5.41) is 14.5. The number of benzene rings is 4. The van der Waals surface area contributed by atoms with E-state index < -0.39 is 23.8 Å². The molecule has 0 aliphatic carbocycles. The van der Waals surface area contributed by atoms with Crippen molar-refractivity contribution in [2.75, 3.05) is 6.54 Å². The molecule has 4 aromatic rings.